The fourth-order valence-electron chi connectivity index (χ4n) is 5.99. The van der Waals surface area contributed by atoms with E-state index >= 15 is 0 Å². The second kappa shape index (κ2) is 6.42. The van der Waals surface area contributed by atoms with Crippen LogP contribution in [0.15, 0.2) is 18.3 Å². The Bertz CT molecular complexity index is 995. The fourth-order valence-corrected chi connectivity index (χ4v) is 7.25. The Hall–Kier alpha value is -2.15. The van der Waals surface area contributed by atoms with Crippen LogP contribution in [0, 0.1) is 23.2 Å². The van der Waals surface area contributed by atoms with E-state index in [2.05, 4.69) is 19.2 Å². The third-order valence-electron chi connectivity index (χ3n) is 7.55. The maximum absolute atomic E-state index is 12.6. The van der Waals surface area contributed by atoms with E-state index in [0.717, 1.165) is 25.0 Å². The van der Waals surface area contributed by atoms with Gasteiger partial charge in [-0.1, -0.05) is 20.8 Å². The summed E-state index contributed by atoms with van der Waals surface area (Å²) in [5.41, 5.74) is 1.78. The molecule has 2 fully saturated rings. The minimum absolute atomic E-state index is 0.00582. The van der Waals surface area contributed by atoms with E-state index in [0.29, 0.717) is 16.7 Å². The predicted octanol–water partition coefficient (Wildman–Crippen LogP) is 3.99. The molecule has 2 aromatic heterocycles. The van der Waals surface area contributed by atoms with Crippen molar-refractivity contribution < 1.29 is 14.3 Å². The summed E-state index contributed by atoms with van der Waals surface area (Å²) in [4.78, 5) is 30.9. The number of carbonyl (C=O) groups is 2. The number of esters is 1. The van der Waals surface area contributed by atoms with Crippen LogP contribution < -0.4 is 5.32 Å². The maximum Gasteiger partial charge on any atom is 0.309 e. The van der Waals surface area contributed by atoms with Crippen molar-refractivity contribution in [3.05, 3.63) is 34.6 Å². The highest BCUT2D eigenvalue weighted by Gasteiger charge is 2.58. The Balaban J connectivity index is 1.44. The minimum atomic E-state index is -0.140. The standard InChI is InChI=1S/C22H27N3O3S/c1-11-13-7-8-22(3)10-15-17(12(2)16(22)18(13)28-20(11)27)23-21(29-15)24-19(26)14-6-5-9-25(14)4/h5-6,9,11-13,16,18H,7-8,10H2,1-4H3,(H,23,24,26). The van der Waals surface area contributed by atoms with Gasteiger partial charge in [-0.2, -0.15) is 0 Å². The number of fused-ring (bicyclic) bond motifs is 4. The number of hydrogen-bond acceptors (Lipinski definition) is 5. The third kappa shape index (κ3) is 2.77. The Morgan fingerprint density at radius 3 is 2.90 bits per heavy atom. The van der Waals surface area contributed by atoms with Crippen LogP contribution in [0.4, 0.5) is 5.13 Å². The topological polar surface area (TPSA) is 73.2 Å². The van der Waals surface area contributed by atoms with Gasteiger partial charge in [-0.25, -0.2) is 4.98 Å². The quantitative estimate of drug-likeness (QED) is 0.756. The molecular weight excluding hydrogens is 386 g/mol. The number of amides is 1. The smallest absolute Gasteiger partial charge is 0.309 e. The zero-order valence-corrected chi connectivity index (χ0v) is 18.1. The summed E-state index contributed by atoms with van der Waals surface area (Å²) in [6, 6.07) is 3.66. The van der Waals surface area contributed by atoms with E-state index in [-0.39, 0.29) is 41.1 Å². The van der Waals surface area contributed by atoms with Crippen LogP contribution in [0.3, 0.4) is 0 Å². The van der Waals surface area contributed by atoms with Gasteiger partial charge in [0.05, 0.1) is 11.6 Å². The van der Waals surface area contributed by atoms with Crippen LogP contribution in [0.25, 0.3) is 0 Å². The fraction of sp³-hybridized carbons (Fsp3) is 0.591. The molecule has 1 saturated carbocycles. The predicted molar refractivity (Wildman–Crippen MR) is 111 cm³/mol. The molecule has 29 heavy (non-hydrogen) atoms. The summed E-state index contributed by atoms with van der Waals surface area (Å²) in [6.45, 7) is 6.56. The van der Waals surface area contributed by atoms with E-state index in [9.17, 15) is 9.59 Å². The van der Waals surface area contributed by atoms with E-state index in [1.165, 1.54) is 4.88 Å². The molecule has 0 bridgehead atoms. The Kier molecular flexibility index (Phi) is 4.18. The first-order valence-electron chi connectivity index (χ1n) is 10.4. The number of aromatic nitrogens is 2. The number of nitrogens with zero attached hydrogens (tertiary/aromatic N) is 2. The summed E-state index contributed by atoms with van der Waals surface area (Å²) in [5, 5.41) is 3.64. The zero-order valence-electron chi connectivity index (χ0n) is 17.3. The molecule has 5 rings (SSSR count). The van der Waals surface area contributed by atoms with Gasteiger partial charge < -0.3 is 9.30 Å². The van der Waals surface area contributed by atoms with Crippen molar-refractivity contribution in [2.75, 3.05) is 5.32 Å². The number of anilines is 1. The lowest BCUT2D eigenvalue weighted by molar-refractivity contribution is -0.149. The molecule has 1 amide bonds. The van der Waals surface area contributed by atoms with Crippen molar-refractivity contribution in [3.63, 3.8) is 0 Å². The number of nitrogens with one attached hydrogen (secondary N) is 1. The highest BCUT2D eigenvalue weighted by molar-refractivity contribution is 7.15. The number of carbonyl (C=O) groups excluding carboxylic acids is 2. The Morgan fingerprint density at radius 1 is 1.38 bits per heavy atom. The molecular formula is C22H27N3O3S. The van der Waals surface area contributed by atoms with Crippen LogP contribution in [0.2, 0.25) is 0 Å². The highest BCUT2D eigenvalue weighted by Crippen LogP contribution is 2.59. The van der Waals surface area contributed by atoms with Crippen molar-refractivity contribution in [1.29, 1.82) is 0 Å². The molecule has 1 saturated heterocycles. The van der Waals surface area contributed by atoms with Crippen molar-refractivity contribution in [2.45, 2.75) is 52.1 Å². The lowest BCUT2D eigenvalue weighted by Crippen LogP contribution is -2.50. The average Bonchev–Trinajstić information content (AvgIpc) is 3.33. The third-order valence-corrected chi connectivity index (χ3v) is 8.54. The van der Waals surface area contributed by atoms with Crippen LogP contribution in [0.1, 0.15) is 60.6 Å². The summed E-state index contributed by atoms with van der Waals surface area (Å²) < 4.78 is 7.70. The average molecular weight is 414 g/mol. The number of rotatable bonds is 2. The second-order valence-electron chi connectivity index (χ2n) is 9.32. The molecule has 0 radical (unpaired) electrons. The van der Waals surface area contributed by atoms with Crippen molar-refractivity contribution in [3.8, 4) is 0 Å². The van der Waals surface area contributed by atoms with E-state index in [4.69, 9.17) is 9.72 Å². The lowest BCUT2D eigenvalue weighted by atomic mass is 9.54. The first kappa shape index (κ1) is 18.9. The van der Waals surface area contributed by atoms with E-state index in [1.807, 2.05) is 26.2 Å². The highest BCUT2D eigenvalue weighted by atomic mass is 32.1. The molecule has 0 spiro atoms. The van der Waals surface area contributed by atoms with Gasteiger partial charge in [0.2, 0.25) is 0 Å². The van der Waals surface area contributed by atoms with Gasteiger partial charge in [0.15, 0.2) is 5.13 Å². The van der Waals surface area contributed by atoms with E-state index in [1.54, 1.807) is 22.0 Å². The van der Waals surface area contributed by atoms with Crippen LogP contribution >= 0.6 is 11.3 Å². The van der Waals surface area contributed by atoms with Crippen LogP contribution in [0.5, 0.6) is 0 Å². The largest absolute Gasteiger partial charge is 0.461 e. The van der Waals surface area contributed by atoms with Crippen LogP contribution in [-0.2, 0) is 23.0 Å². The molecule has 1 aliphatic heterocycles. The summed E-state index contributed by atoms with van der Waals surface area (Å²) in [7, 11) is 1.86. The molecule has 6 nitrogen and oxygen atoms in total. The minimum Gasteiger partial charge on any atom is -0.461 e. The molecule has 6 atom stereocenters. The zero-order chi connectivity index (χ0) is 20.5. The summed E-state index contributed by atoms with van der Waals surface area (Å²) >= 11 is 1.59. The SMILES string of the molecule is CC1C(=O)OC2C1CCC1(C)Cc3sc(NC(=O)c4cccn4C)nc3C(C)C21. The lowest BCUT2D eigenvalue weighted by Gasteiger charge is -2.51. The molecule has 3 aliphatic rings. The summed E-state index contributed by atoms with van der Waals surface area (Å²) in [6.07, 6.45) is 4.93. The van der Waals surface area contributed by atoms with Crippen molar-refractivity contribution >= 4 is 28.3 Å². The molecule has 7 heteroatoms. The first-order valence-corrected chi connectivity index (χ1v) is 11.2. The van der Waals surface area contributed by atoms with Gasteiger partial charge >= 0.3 is 5.97 Å². The van der Waals surface area contributed by atoms with E-state index < -0.39 is 0 Å². The monoisotopic (exact) mass is 413 g/mol. The molecule has 2 aliphatic carbocycles. The molecule has 0 aromatic carbocycles. The van der Waals surface area contributed by atoms with Gasteiger partial charge in [-0.15, -0.1) is 11.3 Å². The molecule has 3 heterocycles. The second-order valence-corrected chi connectivity index (χ2v) is 10.4. The molecule has 2 aromatic rings. The van der Waals surface area contributed by atoms with Gasteiger partial charge in [0.25, 0.3) is 5.91 Å². The number of ether oxygens (including phenoxy) is 1. The molecule has 1 N–H and O–H groups in total. The van der Waals surface area contributed by atoms with Gasteiger partial charge in [0.1, 0.15) is 11.8 Å². The number of thiazole rings is 1. The molecule has 154 valence electrons. The summed E-state index contributed by atoms with van der Waals surface area (Å²) in [5.74, 6) is 0.607. The first-order chi connectivity index (χ1) is 13.8. The Morgan fingerprint density at radius 2 is 2.17 bits per heavy atom. The van der Waals surface area contributed by atoms with Gasteiger partial charge in [0, 0.05) is 35.9 Å². The van der Waals surface area contributed by atoms with Crippen molar-refractivity contribution in [1.82, 2.24) is 9.55 Å². The van der Waals surface area contributed by atoms with Gasteiger partial charge in [-0.05, 0) is 36.8 Å². The normalized spacial score (nSPS) is 35.4. The Labute approximate surface area is 174 Å². The van der Waals surface area contributed by atoms with Gasteiger partial charge in [-0.3, -0.25) is 14.9 Å². The maximum atomic E-state index is 12.6. The number of hydrogen-bond donors (Lipinski definition) is 1. The van der Waals surface area contributed by atoms with Crippen LogP contribution in [-0.4, -0.2) is 27.5 Å². The number of aryl methyl sites for hydroxylation is 1. The van der Waals surface area contributed by atoms with Crippen molar-refractivity contribution in [2.24, 2.45) is 30.2 Å². The molecule has 6 unspecified atom stereocenters.